The number of nitrogens with one attached hydrogen (secondary N) is 2. The Morgan fingerprint density at radius 2 is 2.28 bits per heavy atom. The summed E-state index contributed by atoms with van der Waals surface area (Å²) in [7, 11) is 2.12. The lowest BCUT2D eigenvalue weighted by Crippen LogP contribution is -2.43. The first kappa shape index (κ1) is 12.1. The zero-order valence-corrected chi connectivity index (χ0v) is 11.3. The molecule has 5 nitrogen and oxygen atoms in total. The monoisotopic (exact) mass is 266 g/mol. The molecule has 1 amide bonds. The molecule has 0 aliphatic carbocycles. The molecule has 6 heteroatoms. The van der Waals surface area contributed by atoms with E-state index < -0.39 is 0 Å². The van der Waals surface area contributed by atoms with Gasteiger partial charge in [0.2, 0.25) is 0 Å². The molecule has 1 atom stereocenters. The molecule has 2 fully saturated rings. The van der Waals surface area contributed by atoms with Crippen LogP contribution in [0.15, 0.2) is 6.07 Å². The molecule has 0 saturated carbocycles. The van der Waals surface area contributed by atoms with Crippen molar-refractivity contribution in [1.82, 2.24) is 19.9 Å². The smallest absolute Gasteiger partial charge is 0.271 e. The third-order valence-corrected chi connectivity index (χ3v) is 4.47. The van der Waals surface area contributed by atoms with Crippen molar-refractivity contribution in [2.45, 2.75) is 24.9 Å². The Morgan fingerprint density at radius 3 is 2.94 bits per heavy atom. The fraction of sp³-hybridized carbons (Fsp3) is 0.667. The summed E-state index contributed by atoms with van der Waals surface area (Å²) in [6.07, 6.45) is 2.06. The van der Waals surface area contributed by atoms with Crippen molar-refractivity contribution in [2.24, 2.45) is 0 Å². The molecule has 0 radical (unpaired) electrons. The van der Waals surface area contributed by atoms with Gasteiger partial charge in [-0.25, -0.2) is 0 Å². The zero-order chi connectivity index (χ0) is 12.5. The number of aromatic nitrogens is 1. The summed E-state index contributed by atoms with van der Waals surface area (Å²) in [5.41, 5.74) is 0.572. The van der Waals surface area contributed by atoms with E-state index in [4.69, 9.17) is 0 Å². The Morgan fingerprint density at radius 1 is 1.56 bits per heavy atom. The predicted molar refractivity (Wildman–Crippen MR) is 70.8 cm³/mol. The molecule has 1 aromatic rings. The van der Waals surface area contributed by atoms with Crippen LogP contribution in [0.4, 0.5) is 0 Å². The summed E-state index contributed by atoms with van der Waals surface area (Å²) in [4.78, 5) is 15.5. The second-order valence-corrected chi connectivity index (χ2v) is 5.96. The maximum atomic E-state index is 12.0. The number of hydrogen-bond donors (Lipinski definition) is 2. The molecule has 0 bridgehead atoms. The van der Waals surface area contributed by atoms with Crippen LogP contribution in [0.1, 0.15) is 34.2 Å². The average molecular weight is 266 g/mol. The fourth-order valence-corrected chi connectivity index (χ4v) is 3.03. The number of nitrogens with zero attached hydrogens (tertiary/aromatic N) is 2. The second kappa shape index (κ2) is 4.95. The van der Waals surface area contributed by atoms with E-state index in [0.717, 1.165) is 32.5 Å². The number of piperidine rings is 1. The lowest BCUT2D eigenvalue weighted by molar-refractivity contribution is 0.0913. The summed E-state index contributed by atoms with van der Waals surface area (Å²) in [6.45, 7) is 3.12. The lowest BCUT2D eigenvalue weighted by atomic mass is 10.1. The van der Waals surface area contributed by atoms with Crippen molar-refractivity contribution in [3.05, 3.63) is 16.6 Å². The Balaban J connectivity index is 1.56. The van der Waals surface area contributed by atoms with Gasteiger partial charge in [0.25, 0.3) is 5.91 Å². The summed E-state index contributed by atoms with van der Waals surface area (Å²) >= 11 is 1.43. The highest BCUT2D eigenvalue weighted by Gasteiger charge is 2.26. The quantitative estimate of drug-likeness (QED) is 0.787. The van der Waals surface area contributed by atoms with E-state index in [1.54, 1.807) is 0 Å². The topological polar surface area (TPSA) is 67.2 Å². The third kappa shape index (κ3) is 2.71. The van der Waals surface area contributed by atoms with Crippen LogP contribution in [-0.2, 0) is 0 Å². The first-order valence-corrected chi connectivity index (χ1v) is 7.19. The molecule has 2 saturated heterocycles. The minimum Gasteiger partial charge on any atom is -0.348 e. The maximum absolute atomic E-state index is 12.0. The highest BCUT2D eigenvalue weighted by molar-refractivity contribution is 7.06. The van der Waals surface area contributed by atoms with Crippen molar-refractivity contribution in [3.8, 4) is 0 Å². The number of hydrogen-bond acceptors (Lipinski definition) is 5. The maximum Gasteiger partial charge on any atom is 0.271 e. The first-order valence-electron chi connectivity index (χ1n) is 6.42. The highest BCUT2D eigenvalue weighted by Crippen LogP contribution is 2.25. The van der Waals surface area contributed by atoms with Crippen molar-refractivity contribution in [3.63, 3.8) is 0 Å². The van der Waals surface area contributed by atoms with Crippen molar-refractivity contribution in [1.29, 1.82) is 0 Å². The molecule has 0 aromatic carbocycles. The van der Waals surface area contributed by atoms with Crippen LogP contribution in [0.5, 0.6) is 0 Å². The largest absolute Gasteiger partial charge is 0.348 e. The molecular weight excluding hydrogens is 248 g/mol. The van der Waals surface area contributed by atoms with E-state index in [0.29, 0.717) is 17.8 Å². The van der Waals surface area contributed by atoms with Gasteiger partial charge < -0.3 is 15.5 Å². The minimum atomic E-state index is -0.0206. The molecule has 1 aromatic heterocycles. The van der Waals surface area contributed by atoms with Crippen molar-refractivity contribution >= 4 is 17.4 Å². The summed E-state index contributed by atoms with van der Waals surface area (Å²) in [5.74, 6) is -0.0206. The summed E-state index contributed by atoms with van der Waals surface area (Å²) < 4.78 is 4.24. The molecule has 3 rings (SSSR count). The summed E-state index contributed by atoms with van der Waals surface area (Å²) in [5, 5.41) is 6.31. The molecular formula is C12H18N4OS. The van der Waals surface area contributed by atoms with Crippen LogP contribution in [0, 0.1) is 0 Å². The number of carbonyl (C=O) groups is 1. The van der Waals surface area contributed by atoms with Crippen LogP contribution >= 0.6 is 11.5 Å². The molecule has 0 spiro atoms. The van der Waals surface area contributed by atoms with Gasteiger partial charge in [0, 0.05) is 17.5 Å². The highest BCUT2D eigenvalue weighted by atomic mass is 32.1. The van der Waals surface area contributed by atoms with Crippen LogP contribution in [0.25, 0.3) is 0 Å². The molecule has 2 aliphatic rings. The van der Waals surface area contributed by atoms with Crippen LogP contribution in [0.3, 0.4) is 0 Å². The van der Waals surface area contributed by atoms with Gasteiger partial charge in [-0.1, -0.05) is 0 Å². The van der Waals surface area contributed by atoms with E-state index >= 15 is 0 Å². The lowest BCUT2D eigenvalue weighted by Gasteiger charge is -2.29. The van der Waals surface area contributed by atoms with Gasteiger partial charge in [-0.15, -0.1) is 0 Å². The summed E-state index contributed by atoms with van der Waals surface area (Å²) in [6, 6.07) is 2.66. The number of amides is 1. The fourth-order valence-electron chi connectivity index (χ4n) is 2.23. The molecule has 18 heavy (non-hydrogen) atoms. The van der Waals surface area contributed by atoms with Gasteiger partial charge in [-0.05, 0) is 50.6 Å². The third-order valence-electron chi connectivity index (χ3n) is 3.57. The van der Waals surface area contributed by atoms with Crippen LogP contribution < -0.4 is 10.6 Å². The number of carbonyl (C=O) groups excluding carboxylic acids is 1. The standard InChI is InChI=1S/C12H18N4OS/c1-16-4-2-8(3-5-16)14-12(17)9-6-11(18-15-9)10-7-13-10/h6,8,10,13H,2-5,7H2,1H3,(H,14,17). The van der Waals surface area contributed by atoms with Crippen molar-refractivity contribution in [2.75, 3.05) is 26.7 Å². The van der Waals surface area contributed by atoms with Crippen LogP contribution in [0.2, 0.25) is 0 Å². The molecule has 2 N–H and O–H groups in total. The molecule has 3 heterocycles. The van der Waals surface area contributed by atoms with Gasteiger partial charge in [-0.2, -0.15) is 4.37 Å². The average Bonchev–Trinajstić information content (AvgIpc) is 3.10. The first-order chi connectivity index (χ1) is 8.72. The number of likely N-dealkylation sites (tertiary alicyclic amines) is 1. The molecule has 1 unspecified atom stereocenters. The SMILES string of the molecule is CN1CCC(NC(=O)c2cc(C3CN3)sn2)CC1. The van der Waals surface area contributed by atoms with Gasteiger partial charge in [0.1, 0.15) is 5.69 Å². The van der Waals surface area contributed by atoms with E-state index in [2.05, 4.69) is 27.0 Å². The predicted octanol–water partition coefficient (Wildman–Crippen LogP) is 0.611. The Hall–Kier alpha value is -0.980. The van der Waals surface area contributed by atoms with E-state index in [9.17, 15) is 4.79 Å². The normalized spacial score (nSPS) is 25.1. The molecule has 2 aliphatic heterocycles. The van der Waals surface area contributed by atoms with Gasteiger partial charge in [0.05, 0.1) is 6.04 Å². The van der Waals surface area contributed by atoms with Gasteiger partial charge in [-0.3, -0.25) is 4.79 Å². The zero-order valence-electron chi connectivity index (χ0n) is 10.5. The second-order valence-electron chi connectivity index (χ2n) is 5.13. The molecule has 98 valence electrons. The van der Waals surface area contributed by atoms with Gasteiger partial charge >= 0.3 is 0 Å². The Labute approximate surface area is 111 Å². The number of rotatable bonds is 3. The van der Waals surface area contributed by atoms with Crippen molar-refractivity contribution < 1.29 is 4.79 Å². The van der Waals surface area contributed by atoms with E-state index in [-0.39, 0.29) is 5.91 Å². The Kier molecular flexibility index (Phi) is 3.32. The van der Waals surface area contributed by atoms with Gasteiger partial charge in [0.15, 0.2) is 0 Å². The van der Waals surface area contributed by atoms with E-state index in [1.807, 2.05) is 6.07 Å². The minimum absolute atomic E-state index is 0.0206. The van der Waals surface area contributed by atoms with E-state index in [1.165, 1.54) is 16.4 Å². The van der Waals surface area contributed by atoms with Crippen LogP contribution in [-0.4, -0.2) is 47.9 Å². The Bertz CT molecular complexity index is 435.